The molecule has 0 aliphatic carbocycles. The van der Waals surface area contributed by atoms with Crippen LogP contribution in [0.4, 0.5) is 5.82 Å². The van der Waals surface area contributed by atoms with E-state index in [0.29, 0.717) is 15.9 Å². The highest BCUT2D eigenvalue weighted by Crippen LogP contribution is 2.28. The zero-order chi connectivity index (χ0) is 15.4. The fraction of sp³-hybridized carbons (Fsp3) is 0.143. The van der Waals surface area contributed by atoms with Gasteiger partial charge in [-0.1, -0.05) is 34.8 Å². The SMILES string of the molecule is COc1ccc(C(C)=NNc2nc(Cl)c(Cl)cc2Cl)cc1. The van der Waals surface area contributed by atoms with Gasteiger partial charge in [-0.25, -0.2) is 4.98 Å². The van der Waals surface area contributed by atoms with E-state index in [1.54, 1.807) is 7.11 Å². The molecule has 2 aromatic rings. The van der Waals surface area contributed by atoms with E-state index in [2.05, 4.69) is 15.5 Å². The Balaban J connectivity index is 2.18. The van der Waals surface area contributed by atoms with Crippen molar-refractivity contribution in [1.82, 2.24) is 4.98 Å². The number of hydrogen-bond donors (Lipinski definition) is 1. The minimum atomic E-state index is 0.167. The van der Waals surface area contributed by atoms with E-state index in [9.17, 15) is 0 Å². The third kappa shape index (κ3) is 4.00. The summed E-state index contributed by atoms with van der Waals surface area (Å²) in [5.41, 5.74) is 4.49. The first-order chi connectivity index (χ1) is 10.0. The number of nitrogens with zero attached hydrogens (tertiary/aromatic N) is 2. The highest BCUT2D eigenvalue weighted by molar-refractivity contribution is 6.42. The number of rotatable bonds is 4. The van der Waals surface area contributed by atoms with Gasteiger partial charge in [0, 0.05) is 0 Å². The number of nitrogens with one attached hydrogen (secondary N) is 1. The summed E-state index contributed by atoms with van der Waals surface area (Å²) in [4.78, 5) is 4.03. The van der Waals surface area contributed by atoms with Crippen LogP contribution in [0.25, 0.3) is 0 Å². The van der Waals surface area contributed by atoms with Crippen LogP contribution < -0.4 is 10.2 Å². The molecule has 0 saturated carbocycles. The molecule has 0 bridgehead atoms. The molecule has 2 rings (SSSR count). The molecule has 0 amide bonds. The minimum Gasteiger partial charge on any atom is -0.497 e. The summed E-state index contributed by atoms with van der Waals surface area (Å²) in [7, 11) is 1.62. The molecule has 1 aromatic carbocycles. The maximum atomic E-state index is 6.02. The van der Waals surface area contributed by atoms with Gasteiger partial charge in [-0.2, -0.15) is 5.10 Å². The third-order valence-corrected chi connectivity index (χ3v) is 3.69. The second-order valence-electron chi connectivity index (χ2n) is 4.13. The first kappa shape index (κ1) is 15.9. The van der Waals surface area contributed by atoms with Crippen molar-refractivity contribution < 1.29 is 4.74 Å². The van der Waals surface area contributed by atoms with Crippen LogP contribution in [0.3, 0.4) is 0 Å². The van der Waals surface area contributed by atoms with Crippen molar-refractivity contribution in [2.75, 3.05) is 12.5 Å². The van der Waals surface area contributed by atoms with Gasteiger partial charge in [0.2, 0.25) is 0 Å². The van der Waals surface area contributed by atoms with E-state index in [1.807, 2.05) is 31.2 Å². The van der Waals surface area contributed by atoms with Gasteiger partial charge in [-0.05, 0) is 42.8 Å². The Kier molecular flexibility index (Phi) is 5.28. The molecular formula is C14H12Cl3N3O. The molecule has 0 aliphatic heterocycles. The van der Waals surface area contributed by atoms with Crippen molar-refractivity contribution in [1.29, 1.82) is 0 Å². The van der Waals surface area contributed by atoms with Crippen LogP contribution in [0.5, 0.6) is 5.75 Å². The predicted octanol–water partition coefficient (Wildman–Crippen LogP) is 4.89. The van der Waals surface area contributed by atoms with Crippen molar-refractivity contribution >= 4 is 46.3 Å². The highest BCUT2D eigenvalue weighted by atomic mass is 35.5. The van der Waals surface area contributed by atoms with E-state index >= 15 is 0 Å². The van der Waals surface area contributed by atoms with Gasteiger partial charge in [0.25, 0.3) is 0 Å². The lowest BCUT2D eigenvalue weighted by atomic mass is 10.1. The molecule has 0 unspecified atom stereocenters. The second kappa shape index (κ2) is 6.98. The summed E-state index contributed by atoms with van der Waals surface area (Å²) in [6.07, 6.45) is 0. The number of hydrazone groups is 1. The molecule has 4 nitrogen and oxygen atoms in total. The van der Waals surface area contributed by atoms with Crippen LogP contribution in [-0.2, 0) is 0 Å². The molecule has 0 aliphatic rings. The molecule has 1 aromatic heterocycles. The van der Waals surface area contributed by atoms with Crippen LogP contribution in [0.1, 0.15) is 12.5 Å². The Labute approximate surface area is 137 Å². The number of benzene rings is 1. The zero-order valence-electron chi connectivity index (χ0n) is 11.3. The van der Waals surface area contributed by atoms with Crippen LogP contribution in [0, 0.1) is 0 Å². The molecule has 0 radical (unpaired) electrons. The van der Waals surface area contributed by atoms with E-state index in [0.717, 1.165) is 17.0 Å². The Morgan fingerprint density at radius 1 is 1.14 bits per heavy atom. The summed E-state index contributed by atoms with van der Waals surface area (Å²) in [6, 6.07) is 9.04. The zero-order valence-corrected chi connectivity index (χ0v) is 13.6. The van der Waals surface area contributed by atoms with Crippen molar-refractivity contribution in [3.63, 3.8) is 0 Å². The summed E-state index contributed by atoms with van der Waals surface area (Å²) < 4.78 is 5.11. The van der Waals surface area contributed by atoms with Crippen LogP contribution in [-0.4, -0.2) is 17.8 Å². The molecule has 1 heterocycles. The van der Waals surface area contributed by atoms with Gasteiger partial charge in [-0.3, -0.25) is 5.43 Å². The Hall–Kier alpha value is -1.49. The topological polar surface area (TPSA) is 46.5 Å². The van der Waals surface area contributed by atoms with Crippen LogP contribution in [0.15, 0.2) is 35.4 Å². The molecule has 7 heteroatoms. The quantitative estimate of drug-likeness (QED) is 0.488. The molecule has 0 fully saturated rings. The first-order valence-corrected chi connectivity index (χ1v) is 7.11. The van der Waals surface area contributed by atoms with E-state index in [-0.39, 0.29) is 5.15 Å². The number of halogens is 3. The Bertz CT molecular complexity index is 672. The summed E-state index contributed by atoms with van der Waals surface area (Å²) in [6.45, 7) is 1.86. The minimum absolute atomic E-state index is 0.167. The highest BCUT2D eigenvalue weighted by Gasteiger charge is 2.07. The molecular weight excluding hydrogens is 333 g/mol. The van der Waals surface area contributed by atoms with Crippen molar-refractivity contribution in [3.8, 4) is 5.75 Å². The van der Waals surface area contributed by atoms with Gasteiger partial charge >= 0.3 is 0 Å². The van der Waals surface area contributed by atoms with E-state index in [1.165, 1.54) is 6.07 Å². The number of aromatic nitrogens is 1. The van der Waals surface area contributed by atoms with Crippen molar-refractivity contribution in [2.45, 2.75) is 6.92 Å². The monoisotopic (exact) mass is 343 g/mol. The first-order valence-electron chi connectivity index (χ1n) is 5.97. The predicted molar refractivity (Wildman–Crippen MR) is 88.1 cm³/mol. The molecule has 0 saturated heterocycles. The Morgan fingerprint density at radius 3 is 2.43 bits per heavy atom. The van der Waals surface area contributed by atoms with E-state index in [4.69, 9.17) is 39.5 Å². The van der Waals surface area contributed by atoms with Gasteiger partial charge in [-0.15, -0.1) is 0 Å². The van der Waals surface area contributed by atoms with Gasteiger partial charge in [0.05, 0.1) is 22.9 Å². The maximum absolute atomic E-state index is 6.02. The summed E-state index contributed by atoms with van der Waals surface area (Å²) >= 11 is 17.7. The van der Waals surface area contributed by atoms with Crippen molar-refractivity contribution in [2.24, 2.45) is 5.10 Å². The Morgan fingerprint density at radius 2 is 1.81 bits per heavy atom. The lowest BCUT2D eigenvalue weighted by Gasteiger charge is -2.06. The second-order valence-corrected chi connectivity index (χ2v) is 5.30. The fourth-order valence-corrected chi connectivity index (χ4v) is 2.10. The van der Waals surface area contributed by atoms with Gasteiger partial charge < -0.3 is 4.74 Å². The summed E-state index contributed by atoms with van der Waals surface area (Å²) in [5.74, 6) is 1.13. The standard InChI is InChI=1S/C14H12Cl3N3O/c1-8(9-3-5-10(21-2)6-4-9)19-20-14-12(16)7-11(15)13(17)18-14/h3-7H,1-2H3,(H,18,20). The molecule has 0 atom stereocenters. The average molecular weight is 345 g/mol. The number of ether oxygens (including phenoxy) is 1. The maximum Gasteiger partial charge on any atom is 0.166 e. The molecule has 110 valence electrons. The lowest BCUT2D eigenvalue weighted by molar-refractivity contribution is 0.415. The molecule has 0 spiro atoms. The number of methoxy groups -OCH3 is 1. The average Bonchev–Trinajstić information content (AvgIpc) is 2.49. The van der Waals surface area contributed by atoms with E-state index < -0.39 is 0 Å². The lowest BCUT2D eigenvalue weighted by Crippen LogP contribution is -2.01. The number of pyridine rings is 1. The normalized spacial score (nSPS) is 11.4. The molecule has 21 heavy (non-hydrogen) atoms. The smallest absolute Gasteiger partial charge is 0.166 e. The largest absolute Gasteiger partial charge is 0.497 e. The fourth-order valence-electron chi connectivity index (χ4n) is 1.56. The third-order valence-electron chi connectivity index (χ3n) is 2.72. The number of hydrogen-bond acceptors (Lipinski definition) is 4. The van der Waals surface area contributed by atoms with Crippen LogP contribution >= 0.6 is 34.8 Å². The molecule has 1 N–H and O–H groups in total. The van der Waals surface area contributed by atoms with Crippen molar-refractivity contribution in [3.05, 3.63) is 51.1 Å². The van der Waals surface area contributed by atoms with Crippen LogP contribution in [0.2, 0.25) is 15.2 Å². The number of anilines is 1. The summed E-state index contributed by atoms with van der Waals surface area (Å²) in [5, 5.41) is 5.03. The van der Waals surface area contributed by atoms with Gasteiger partial charge in [0.1, 0.15) is 10.9 Å². The van der Waals surface area contributed by atoms with Gasteiger partial charge in [0.15, 0.2) is 5.82 Å².